The van der Waals surface area contributed by atoms with Crippen molar-refractivity contribution in [2.45, 2.75) is 12.5 Å². The molecule has 0 aliphatic rings. The Kier molecular flexibility index (Phi) is 3.51. The van der Waals surface area contributed by atoms with Crippen molar-refractivity contribution in [3.63, 3.8) is 0 Å². The van der Waals surface area contributed by atoms with Gasteiger partial charge in [-0.2, -0.15) is 0 Å². The highest BCUT2D eigenvalue weighted by Gasteiger charge is 2.27. The number of rotatable bonds is 4. The van der Waals surface area contributed by atoms with Crippen LogP contribution in [0.3, 0.4) is 0 Å². The number of carbonyl (C=O) groups is 1. The summed E-state index contributed by atoms with van der Waals surface area (Å²) < 4.78 is 0. The van der Waals surface area contributed by atoms with Crippen LogP contribution in [0.1, 0.15) is 6.42 Å². The molecule has 10 heavy (non-hydrogen) atoms. The third-order valence-corrected chi connectivity index (χ3v) is 2.77. The molecule has 0 aliphatic heterocycles. The molecule has 0 atom stereocenters. The van der Waals surface area contributed by atoms with Gasteiger partial charge in [0.05, 0.1) is 0 Å². The fourth-order valence-electron chi connectivity index (χ4n) is 0.409. The zero-order valence-electron chi connectivity index (χ0n) is 5.45. The van der Waals surface area contributed by atoms with Crippen LogP contribution in [0, 0.1) is 0 Å². The Bertz CT molecular complexity index is 126. The van der Waals surface area contributed by atoms with Crippen LogP contribution in [0.2, 0.25) is 6.04 Å². The van der Waals surface area contributed by atoms with Gasteiger partial charge in [-0.3, -0.25) is 4.79 Å². The summed E-state index contributed by atoms with van der Waals surface area (Å²) in [6.45, 7) is 0. The first-order valence-electron chi connectivity index (χ1n) is 2.84. The summed E-state index contributed by atoms with van der Waals surface area (Å²) in [5.74, 6) is -1.03. The van der Waals surface area contributed by atoms with Crippen molar-refractivity contribution in [3.05, 3.63) is 0 Å². The summed E-state index contributed by atoms with van der Waals surface area (Å²) in [6.07, 6.45) is -0.434. The topological polar surface area (TPSA) is 104 Å². The van der Waals surface area contributed by atoms with E-state index >= 15 is 0 Å². The number of aliphatic carboxylic acids is 1. The highest BCUT2D eigenvalue weighted by Crippen LogP contribution is 2.02. The molecule has 0 rings (SSSR count). The van der Waals surface area contributed by atoms with Crippen LogP contribution < -0.4 is 5.73 Å². The lowest BCUT2D eigenvalue weighted by Crippen LogP contribution is -2.44. The first kappa shape index (κ1) is 9.57. The molecule has 0 radical (unpaired) electrons. The SMILES string of the molecule is NC[Si](O)(O)CCC(=O)O. The van der Waals surface area contributed by atoms with E-state index in [1.165, 1.54) is 0 Å². The molecule has 0 spiro atoms. The van der Waals surface area contributed by atoms with Crippen molar-refractivity contribution < 1.29 is 19.5 Å². The first-order chi connectivity index (χ1) is 4.48. The number of hydrogen-bond donors (Lipinski definition) is 4. The highest BCUT2D eigenvalue weighted by molar-refractivity contribution is 6.65. The molecule has 0 heterocycles. The predicted molar refractivity (Wildman–Crippen MR) is 36.3 cm³/mol. The molecule has 0 saturated heterocycles. The van der Waals surface area contributed by atoms with Crippen molar-refractivity contribution in [2.75, 3.05) is 6.17 Å². The van der Waals surface area contributed by atoms with Crippen LogP contribution in [-0.2, 0) is 4.79 Å². The Morgan fingerprint density at radius 1 is 1.50 bits per heavy atom. The molecule has 0 fully saturated rings. The minimum absolute atomic E-state index is 0.0984. The predicted octanol–water partition coefficient (Wildman–Crippen LogP) is -1.61. The summed E-state index contributed by atoms with van der Waals surface area (Å²) in [4.78, 5) is 27.7. The molecule has 6 heteroatoms. The van der Waals surface area contributed by atoms with Gasteiger partial charge in [-0.05, 0) is 0 Å². The molecular weight excluding hydrogens is 154 g/mol. The van der Waals surface area contributed by atoms with Crippen LogP contribution in [0.5, 0.6) is 0 Å². The maximum absolute atomic E-state index is 9.92. The highest BCUT2D eigenvalue weighted by atomic mass is 28.4. The summed E-state index contributed by atoms with van der Waals surface area (Å²) in [5.41, 5.74) is 4.96. The molecular formula is C4H11NO4Si. The maximum Gasteiger partial charge on any atom is 0.347 e. The number of carboxylic acid groups (broad SMARTS) is 1. The van der Waals surface area contributed by atoms with Crippen LogP contribution in [0.15, 0.2) is 0 Å². The minimum atomic E-state index is -3.34. The molecule has 0 aromatic rings. The second-order valence-electron chi connectivity index (χ2n) is 2.08. The van der Waals surface area contributed by atoms with Crippen LogP contribution in [0.25, 0.3) is 0 Å². The molecule has 0 bridgehead atoms. The monoisotopic (exact) mass is 165 g/mol. The van der Waals surface area contributed by atoms with Gasteiger partial charge in [0.1, 0.15) is 0 Å². The van der Waals surface area contributed by atoms with E-state index in [4.69, 9.17) is 20.4 Å². The van der Waals surface area contributed by atoms with Gasteiger partial charge < -0.3 is 20.4 Å². The van der Waals surface area contributed by atoms with Crippen molar-refractivity contribution in [1.29, 1.82) is 0 Å². The van der Waals surface area contributed by atoms with Crippen molar-refractivity contribution >= 4 is 14.5 Å². The molecule has 0 unspecified atom stereocenters. The van der Waals surface area contributed by atoms with Gasteiger partial charge in [-0.25, -0.2) is 0 Å². The van der Waals surface area contributed by atoms with Gasteiger partial charge in [0.25, 0.3) is 0 Å². The fourth-order valence-corrected chi connectivity index (χ4v) is 1.23. The Morgan fingerprint density at radius 3 is 2.30 bits per heavy atom. The Morgan fingerprint density at radius 2 is 2.00 bits per heavy atom. The van der Waals surface area contributed by atoms with Gasteiger partial charge >= 0.3 is 14.5 Å². The lowest BCUT2D eigenvalue weighted by Gasteiger charge is -2.12. The molecule has 0 aromatic carbocycles. The second kappa shape index (κ2) is 3.67. The normalized spacial score (nSPS) is 11.5. The molecule has 0 aliphatic carbocycles. The van der Waals surface area contributed by atoms with E-state index < -0.39 is 14.5 Å². The van der Waals surface area contributed by atoms with E-state index in [9.17, 15) is 4.79 Å². The van der Waals surface area contributed by atoms with Gasteiger partial charge in [0.15, 0.2) is 0 Å². The van der Waals surface area contributed by atoms with Crippen molar-refractivity contribution in [1.82, 2.24) is 0 Å². The average Bonchev–Trinajstić information content (AvgIpc) is 1.85. The van der Waals surface area contributed by atoms with Crippen LogP contribution >= 0.6 is 0 Å². The zero-order valence-corrected chi connectivity index (χ0v) is 6.45. The van der Waals surface area contributed by atoms with Crippen molar-refractivity contribution in [3.8, 4) is 0 Å². The van der Waals surface area contributed by atoms with E-state index in [-0.39, 0.29) is 18.6 Å². The van der Waals surface area contributed by atoms with Gasteiger partial charge in [0, 0.05) is 18.6 Å². The quantitative estimate of drug-likeness (QED) is 0.375. The Hall–Kier alpha value is -0.433. The fraction of sp³-hybridized carbons (Fsp3) is 0.750. The molecule has 60 valence electrons. The zero-order chi connectivity index (χ0) is 8.20. The molecule has 0 saturated carbocycles. The molecule has 0 aromatic heterocycles. The molecule has 5 nitrogen and oxygen atoms in total. The third kappa shape index (κ3) is 4.45. The number of carboxylic acids is 1. The van der Waals surface area contributed by atoms with Gasteiger partial charge in [0.2, 0.25) is 0 Å². The molecule has 5 N–H and O–H groups in total. The second-order valence-corrected chi connectivity index (χ2v) is 4.95. The number of nitrogens with two attached hydrogens (primary N) is 1. The number of hydrogen-bond acceptors (Lipinski definition) is 4. The van der Waals surface area contributed by atoms with E-state index in [2.05, 4.69) is 0 Å². The smallest absolute Gasteiger partial charge is 0.347 e. The average molecular weight is 165 g/mol. The third-order valence-electron chi connectivity index (χ3n) is 1.07. The minimum Gasteiger partial charge on any atom is -0.481 e. The lowest BCUT2D eigenvalue weighted by molar-refractivity contribution is -0.136. The van der Waals surface area contributed by atoms with Crippen LogP contribution in [0.4, 0.5) is 0 Å². The van der Waals surface area contributed by atoms with Crippen LogP contribution in [-0.4, -0.2) is 35.4 Å². The van der Waals surface area contributed by atoms with E-state index in [1.54, 1.807) is 0 Å². The maximum atomic E-state index is 9.92. The summed E-state index contributed by atoms with van der Waals surface area (Å²) >= 11 is 0. The standard InChI is InChI=1S/C4H11NO4Si/c5-3-10(8,9)2-1-4(6)7/h8-9H,1-3,5H2,(H,6,7). The Labute approximate surface area is 59.3 Å². The molecule has 0 amide bonds. The first-order valence-corrected chi connectivity index (χ1v) is 5.15. The summed E-state index contributed by atoms with van der Waals surface area (Å²) in [6, 6.07) is -0.0984. The van der Waals surface area contributed by atoms with E-state index in [0.717, 1.165) is 0 Å². The van der Waals surface area contributed by atoms with Gasteiger partial charge in [-0.15, -0.1) is 0 Å². The summed E-state index contributed by atoms with van der Waals surface area (Å²) in [7, 11) is -3.34. The summed E-state index contributed by atoms with van der Waals surface area (Å²) in [5, 5.41) is 8.13. The lowest BCUT2D eigenvalue weighted by atomic mass is 10.5. The van der Waals surface area contributed by atoms with Crippen molar-refractivity contribution in [2.24, 2.45) is 5.73 Å². The largest absolute Gasteiger partial charge is 0.481 e. The van der Waals surface area contributed by atoms with E-state index in [0.29, 0.717) is 0 Å². The van der Waals surface area contributed by atoms with E-state index in [1.807, 2.05) is 0 Å². The van der Waals surface area contributed by atoms with Gasteiger partial charge in [-0.1, -0.05) is 0 Å². The Balaban J connectivity index is 3.56.